The Bertz CT molecular complexity index is 1140. The maximum Gasteiger partial charge on any atom is 0.264 e. The molecular weight excluding hydrogens is 404 g/mol. The van der Waals surface area contributed by atoms with Crippen LogP contribution in [-0.2, 0) is 26.5 Å². The normalized spacial score (nSPS) is 19.2. The van der Waals surface area contributed by atoms with Gasteiger partial charge in [0.25, 0.3) is 10.0 Å². The molecule has 0 fully saturated rings. The SMILES string of the molecule is C[C@@H]1Cc2cc(S(N)(=O)=O)ccc2N1S(=O)(=O)c1ccc2c(c1)OCCCO2. The number of nitrogens with zero attached hydrogens (tertiary/aromatic N) is 1. The van der Waals surface area contributed by atoms with Crippen molar-refractivity contribution in [2.45, 2.75) is 35.6 Å². The molecular formula is C18H20N2O6S2. The van der Waals surface area contributed by atoms with Crippen LogP contribution in [-0.4, -0.2) is 36.1 Å². The number of ether oxygens (including phenoxy) is 2. The van der Waals surface area contributed by atoms with E-state index in [4.69, 9.17) is 14.6 Å². The molecule has 2 aliphatic rings. The van der Waals surface area contributed by atoms with Gasteiger partial charge in [0.2, 0.25) is 10.0 Å². The van der Waals surface area contributed by atoms with Crippen LogP contribution in [0.3, 0.4) is 0 Å². The number of sulfonamides is 2. The summed E-state index contributed by atoms with van der Waals surface area (Å²) in [5, 5.41) is 5.19. The minimum atomic E-state index is -3.88. The molecule has 0 radical (unpaired) electrons. The number of hydrogen-bond donors (Lipinski definition) is 1. The molecule has 2 aromatic carbocycles. The molecule has 2 heterocycles. The van der Waals surface area contributed by atoms with Crippen LogP contribution in [0.4, 0.5) is 5.69 Å². The second kappa shape index (κ2) is 6.64. The summed E-state index contributed by atoms with van der Waals surface area (Å²) >= 11 is 0. The van der Waals surface area contributed by atoms with Crippen LogP contribution in [0.2, 0.25) is 0 Å². The smallest absolute Gasteiger partial charge is 0.264 e. The van der Waals surface area contributed by atoms with Crippen molar-refractivity contribution in [2.75, 3.05) is 17.5 Å². The summed E-state index contributed by atoms with van der Waals surface area (Å²) in [6, 6.07) is 8.43. The molecule has 0 aromatic heterocycles. The molecule has 0 bridgehead atoms. The van der Waals surface area contributed by atoms with Crippen LogP contribution in [0.15, 0.2) is 46.2 Å². The fraction of sp³-hybridized carbons (Fsp3) is 0.333. The first-order chi connectivity index (χ1) is 13.2. The Balaban J connectivity index is 1.76. The van der Waals surface area contributed by atoms with Gasteiger partial charge in [0.05, 0.1) is 28.7 Å². The Morgan fingerprint density at radius 1 is 0.964 bits per heavy atom. The van der Waals surface area contributed by atoms with Crippen LogP contribution in [0.1, 0.15) is 18.9 Å². The van der Waals surface area contributed by atoms with Gasteiger partial charge in [0.1, 0.15) is 0 Å². The van der Waals surface area contributed by atoms with Crippen molar-refractivity contribution in [2.24, 2.45) is 5.14 Å². The molecule has 0 spiro atoms. The first-order valence-corrected chi connectivity index (χ1v) is 11.8. The predicted octanol–water partition coefficient (Wildman–Crippen LogP) is 1.64. The number of benzene rings is 2. The van der Waals surface area contributed by atoms with Crippen LogP contribution in [0.5, 0.6) is 11.5 Å². The van der Waals surface area contributed by atoms with E-state index < -0.39 is 20.0 Å². The fourth-order valence-corrected chi connectivity index (χ4v) is 5.81. The Morgan fingerprint density at radius 3 is 2.36 bits per heavy atom. The number of hydrogen-bond acceptors (Lipinski definition) is 6. The Morgan fingerprint density at radius 2 is 1.64 bits per heavy atom. The summed E-state index contributed by atoms with van der Waals surface area (Å²) in [5.74, 6) is 0.916. The highest BCUT2D eigenvalue weighted by Crippen LogP contribution is 2.39. The molecule has 28 heavy (non-hydrogen) atoms. The van der Waals surface area contributed by atoms with Gasteiger partial charge in [0.15, 0.2) is 11.5 Å². The molecule has 2 aromatic rings. The lowest BCUT2D eigenvalue weighted by molar-refractivity contribution is 0.297. The molecule has 10 heteroatoms. The largest absolute Gasteiger partial charge is 0.490 e. The zero-order chi connectivity index (χ0) is 20.1. The Kier molecular flexibility index (Phi) is 4.52. The lowest BCUT2D eigenvalue weighted by Gasteiger charge is -2.25. The Labute approximate surface area is 164 Å². The van der Waals surface area contributed by atoms with Gasteiger partial charge in [0, 0.05) is 18.5 Å². The molecule has 1 atom stereocenters. The zero-order valence-corrected chi connectivity index (χ0v) is 16.8. The van der Waals surface area contributed by atoms with Gasteiger partial charge in [-0.15, -0.1) is 0 Å². The Hall–Kier alpha value is -2.30. The lowest BCUT2D eigenvalue weighted by atomic mass is 10.1. The van der Waals surface area contributed by atoms with E-state index in [0.717, 1.165) is 6.42 Å². The van der Waals surface area contributed by atoms with E-state index in [1.54, 1.807) is 13.0 Å². The summed E-state index contributed by atoms with van der Waals surface area (Å²) < 4.78 is 62.4. The number of primary sulfonamides is 1. The molecule has 8 nitrogen and oxygen atoms in total. The molecule has 4 rings (SSSR count). The molecule has 0 amide bonds. The van der Waals surface area contributed by atoms with E-state index >= 15 is 0 Å². The minimum absolute atomic E-state index is 0.0340. The standard InChI is InChI=1S/C18H20N2O6S2/c1-12-9-13-10-14(27(19,21)22)3-5-16(13)20(12)28(23,24)15-4-6-17-18(11-15)26-8-2-7-25-17/h3-6,10-12H,2,7-9H2,1H3,(H2,19,21,22)/t12-/m1/s1. The van der Waals surface area contributed by atoms with Gasteiger partial charge in [-0.2, -0.15) is 0 Å². The summed E-state index contributed by atoms with van der Waals surface area (Å²) in [6.07, 6.45) is 1.11. The first kappa shape index (κ1) is 19.0. The van der Waals surface area contributed by atoms with Crippen molar-refractivity contribution < 1.29 is 26.3 Å². The number of fused-ring (bicyclic) bond motifs is 2. The molecule has 0 saturated heterocycles. The van der Waals surface area contributed by atoms with Gasteiger partial charge in [-0.05, 0) is 49.2 Å². The van der Waals surface area contributed by atoms with Crippen LogP contribution in [0.25, 0.3) is 0 Å². The number of rotatable bonds is 3. The monoisotopic (exact) mass is 424 g/mol. The molecule has 2 aliphatic heterocycles. The van der Waals surface area contributed by atoms with Gasteiger partial charge in [-0.3, -0.25) is 4.31 Å². The second-order valence-electron chi connectivity index (χ2n) is 6.85. The number of anilines is 1. The summed E-state index contributed by atoms with van der Waals surface area (Å²) in [7, 11) is -7.74. The lowest BCUT2D eigenvalue weighted by Crippen LogP contribution is -2.35. The molecule has 0 saturated carbocycles. The van der Waals surface area contributed by atoms with Crippen molar-refractivity contribution in [3.63, 3.8) is 0 Å². The summed E-state index contributed by atoms with van der Waals surface area (Å²) in [4.78, 5) is 0.0558. The molecule has 0 unspecified atom stereocenters. The van der Waals surface area contributed by atoms with E-state index in [9.17, 15) is 16.8 Å². The average molecular weight is 425 g/mol. The molecule has 150 valence electrons. The van der Waals surface area contributed by atoms with Gasteiger partial charge in [-0.25, -0.2) is 22.0 Å². The molecule has 2 N–H and O–H groups in total. The van der Waals surface area contributed by atoms with Crippen molar-refractivity contribution in [3.05, 3.63) is 42.0 Å². The minimum Gasteiger partial charge on any atom is -0.490 e. The topological polar surface area (TPSA) is 116 Å². The highest BCUT2D eigenvalue weighted by atomic mass is 32.2. The third kappa shape index (κ3) is 3.21. The van der Waals surface area contributed by atoms with Crippen LogP contribution in [0, 0.1) is 0 Å². The highest BCUT2D eigenvalue weighted by Gasteiger charge is 2.37. The first-order valence-electron chi connectivity index (χ1n) is 8.78. The summed E-state index contributed by atoms with van der Waals surface area (Å²) in [6.45, 7) is 2.75. The van der Waals surface area contributed by atoms with Gasteiger partial charge in [-0.1, -0.05) is 0 Å². The van der Waals surface area contributed by atoms with Gasteiger partial charge >= 0.3 is 0 Å². The number of nitrogens with two attached hydrogens (primary N) is 1. The second-order valence-corrected chi connectivity index (χ2v) is 10.2. The summed E-state index contributed by atoms with van der Waals surface area (Å²) in [5.41, 5.74) is 1.07. The zero-order valence-electron chi connectivity index (χ0n) is 15.2. The quantitative estimate of drug-likeness (QED) is 0.801. The van der Waals surface area contributed by atoms with Crippen LogP contribution >= 0.6 is 0 Å². The maximum absolute atomic E-state index is 13.3. The van der Waals surface area contributed by atoms with E-state index in [-0.39, 0.29) is 15.8 Å². The van der Waals surface area contributed by atoms with E-state index in [1.165, 1.54) is 34.6 Å². The average Bonchev–Trinajstić information content (AvgIpc) is 2.80. The van der Waals surface area contributed by atoms with Crippen molar-refractivity contribution in [3.8, 4) is 11.5 Å². The third-order valence-corrected chi connectivity index (χ3v) is 7.64. The highest BCUT2D eigenvalue weighted by molar-refractivity contribution is 7.93. The predicted molar refractivity (Wildman–Crippen MR) is 103 cm³/mol. The molecule has 0 aliphatic carbocycles. The van der Waals surface area contributed by atoms with Crippen LogP contribution < -0.4 is 18.9 Å². The third-order valence-electron chi connectivity index (χ3n) is 4.81. The van der Waals surface area contributed by atoms with E-state index in [2.05, 4.69) is 0 Å². The van der Waals surface area contributed by atoms with E-state index in [1.807, 2.05) is 0 Å². The van der Waals surface area contributed by atoms with Crippen molar-refractivity contribution >= 4 is 25.7 Å². The van der Waals surface area contributed by atoms with E-state index in [0.29, 0.717) is 42.4 Å². The maximum atomic E-state index is 13.3. The van der Waals surface area contributed by atoms with Crippen molar-refractivity contribution in [1.29, 1.82) is 0 Å². The van der Waals surface area contributed by atoms with Crippen molar-refractivity contribution in [1.82, 2.24) is 0 Å². The van der Waals surface area contributed by atoms with Gasteiger partial charge < -0.3 is 9.47 Å². The fourth-order valence-electron chi connectivity index (χ4n) is 3.54.